The maximum absolute atomic E-state index is 11.1. The molecule has 0 unspecified atom stereocenters. The highest BCUT2D eigenvalue weighted by molar-refractivity contribution is 5.15. The van der Waals surface area contributed by atoms with E-state index in [0.29, 0.717) is 6.42 Å². The third-order valence-electron chi connectivity index (χ3n) is 6.88. The second-order valence-corrected chi connectivity index (χ2v) is 8.73. The van der Waals surface area contributed by atoms with Gasteiger partial charge in [-0.3, -0.25) is 0 Å². The lowest BCUT2D eigenvalue weighted by Crippen LogP contribution is -2.63. The Kier molecular flexibility index (Phi) is 5.16. The molecule has 2 aliphatic rings. The maximum Gasteiger partial charge on any atom is 0.0677 e. The molecule has 2 rings (SSSR count). The van der Waals surface area contributed by atoms with Gasteiger partial charge in [0.2, 0.25) is 0 Å². The molecule has 0 amide bonds. The summed E-state index contributed by atoms with van der Waals surface area (Å²) < 4.78 is 0. The number of hydrogen-bond acceptors (Lipinski definition) is 3. The lowest BCUT2D eigenvalue weighted by atomic mass is 9.44. The van der Waals surface area contributed by atoms with Gasteiger partial charge in [-0.05, 0) is 55.3 Å². The van der Waals surface area contributed by atoms with Crippen molar-refractivity contribution in [3.8, 4) is 0 Å². The quantitative estimate of drug-likeness (QED) is 0.680. The summed E-state index contributed by atoms with van der Waals surface area (Å²) in [7, 11) is 0. The zero-order chi connectivity index (χ0) is 17.5. The van der Waals surface area contributed by atoms with Gasteiger partial charge in [-0.25, -0.2) is 0 Å². The molecule has 0 bridgehead atoms. The Morgan fingerprint density at radius 3 is 2.48 bits per heavy atom. The molecule has 0 heterocycles. The highest BCUT2D eigenvalue weighted by atomic mass is 16.3. The molecule has 3 heteroatoms. The third kappa shape index (κ3) is 3.16. The first-order valence-electron chi connectivity index (χ1n) is 8.92. The van der Waals surface area contributed by atoms with Gasteiger partial charge in [0.05, 0.1) is 11.7 Å². The molecular weight excluding hydrogens is 288 g/mol. The first-order chi connectivity index (χ1) is 10.6. The first kappa shape index (κ1) is 18.7. The lowest BCUT2D eigenvalue weighted by Gasteiger charge is -2.63. The van der Waals surface area contributed by atoms with Crippen molar-refractivity contribution >= 4 is 0 Å². The smallest absolute Gasteiger partial charge is 0.0677 e. The van der Waals surface area contributed by atoms with E-state index < -0.39 is 11.7 Å². The van der Waals surface area contributed by atoms with Gasteiger partial charge in [0.1, 0.15) is 0 Å². The van der Waals surface area contributed by atoms with Crippen molar-refractivity contribution in [2.75, 3.05) is 6.61 Å². The minimum Gasteiger partial charge on any atom is -0.396 e. The number of fused-ring (bicyclic) bond motifs is 1. The normalized spacial score (nSPS) is 47.0. The number of rotatable bonds is 5. The highest BCUT2D eigenvalue weighted by Crippen LogP contribution is 2.63. The van der Waals surface area contributed by atoms with Gasteiger partial charge in [-0.1, -0.05) is 45.1 Å². The molecule has 0 aromatic heterocycles. The predicted molar refractivity (Wildman–Crippen MR) is 93.9 cm³/mol. The van der Waals surface area contributed by atoms with Crippen molar-refractivity contribution in [3.63, 3.8) is 0 Å². The van der Waals surface area contributed by atoms with Gasteiger partial charge in [0.25, 0.3) is 0 Å². The summed E-state index contributed by atoms with van der Waals surface area (Å²) in [5, 5.41) is 31.9. The molecular formula is C20H34O3. The summed E-state index contributed by atoms with van der Waals surface area (Å²) in [6, 6.07) is 0. The summed E-state index contributed by atoms with van der Waals surface area (Å²) >= 11 is 0. The van der Waals surface area contributed by atoms with Crippen molar-refractivity contribution in [1.82, 2.24) is 0 Å². The molecule has 23 heavy (non-hydrogen) atoms. The van der Waals surface area contributed by atoms with Crippen LogP contribution in [-0.4, -0.2) is 33.6 Å². The third-order valence-corrected chi connectivity index (χ3v) is 6.88. The van der Waals surface area contributed by atoms with Crippen LogP contribution in [0.4, 0.5) is 0 Å². The second kappa shape index (κ2) is 6.34. The van der Waals surface area contributed by atoms with Crippen LogP contribution in [0.25, 0.3) is 0 Å². The van der Waals surface area contributed by atoms with E-state index in [1.54, 1.807) is 6.08 Å². The van der Waals surface area contributed by atoms with E-state index in [2.05, 4.69) is 27.0 Å². The molecule has 3 nitrogen and oxygen atoms in total. The molecule has 2 fully saturated rings. The molecule has 0 saturated heterocycles. The topological polar surface area (TPSA) is 60.7 Å². The minimum atomic E-state index is -0.889. The minimum absolute atomic E-state index is 0.0240. The van der Waals surface area contributed by atoms with Crippen LogP contribution < -0.4 is 0 Å². The van der Waals surface area contributed by atoms with E-state index in [9.17, 15) is 15.3 Å². The second-order valence-electron chi connectivity index (χ2n) is 8.73. The van der Waals surface area contributed by atoms with Gasteiger partial charge in [-0.2, -0.15) is 0 Å². The van der Waals surface area contributed by atoms with E-state index in [4.69, 9.17) is 0 Å². The molecule has 0 aromatic rings. The molecule has 3 N–H and O–H groups in total. The van der Waals surface area contributed by atoms with Crippen LogP contribution >= 0.6 is 0 Å². The Morgan fingerprint density at radius 2 is 1.91 bits per heavy atom. The Bertz CT molecular complexity index is 470. The number of allylic oxidation sites excluding steroid dienone is 2. The zero-order valence-corrected chi connectivity index (χ0v) is 15.0. The largest absolute Gasteiger partial charge is 0.396 e. The summed E-state index contributed by atoms with van der Waals surface area (Å²) in [4.78, 5) is 0. The van der Waals surface area contributed by atoms with E-state index in [1.807, 2.05) is 6.92 Å². The Labute approximate surface area is 141 Å². The summed E-state index contributed by atoms with van der Waals surface area (Å²) in [5.41, 5.74) is -0.331. The van der Waals surface area contributed by atoms with Crippen LogP contribution in [0.1, 0.15) is 59.3 Å². The average Bonchev–Trinajstić information content (AvgIpc) is 2.44. The summed E-state index contributed by atoms with van der Waals surface area (Å²) in [6.07, 6.45) is 6.23. The molecule has 6 atom stereocenters. The van der Waals surface area contributed by atoms with Gasteiger partial charge in [-0.15, -0.1) is 0 Å². The predicted octanol–water partition coefficient (Wildman–Crippen LogP) is 3.45. The molecule has 2 saturated carbocycles. The molecule has 132 valence electrons. The Balaban J connectivity index is 2.38. The van der Waals surface area contributed by atoms with Crippen LogP contribution in [0.5, 0.6) is 0 Å². The van der Waals surface area contributed by atoms with E-state index in [1.165, 1.54) is 0 Å². The van der Waals surface area contributed by atoms with Gasteiger partial charge >= 0.3 is 0 Å². The van der Waals surface area contributed by atoms with Gasteiger partial charge in [0, 0.05) is 13.0 Å². The fourth-order valence-corrected chi connectivity index (χ4v) is 5.92. The van der Waals surface area contributed by atoms with Crippen molar-refractivity contribution < 1.29 is 15.3 Å². The first-order valence-corrected chi connectivity index (χ1v) is 8.92. The molecule has 0 aromatic carbocycles. The summed E-state index contributed by atoms with van der Waals surface area (Å²) in [6.45, 7) is 14.0. The van der Waals surface area contributed by atoms with Crippen LogP contribution in [0.2, 0.25) is 0 Å². The molecule has 0 spiro atoms. The molecule has 2 aliphatic carbocycles. The van der Waals surface area contributed by atoms with Crippen LogP contribution in [-0.2, 0) is 0 Å². The van der Waals surface area contributed by atoms with Crippen LogP contribution in [0.15, 0.2) is 24.8 Å². The Hall–Kier alpha value is -0.640. The standard InChI is InChI=1S/C20H34O3/c1-6-14(2)8-9-16-19(4)11-7-10-18(3,13-21)17(19)15(22)12-20(16,5)23/h6,15-17,21-23H,1-2,7-13H2,3-5H3/t15-,16+,17-,18-,19+,20+/m1/s1. The number of hydrogen-bond donors (Lipinski definition) is 3. The van der Waals surface area contributed by atoms with Gasteiger partial charge in [0.15, 0.2) is 0 Å². The van der Waals surface area contributed by atoms with E-state index in [-0.39, 0.29) is 29.3 Å². The summed E-state index contributed by atoms with van der Waals surface area (Å²) in [5.74, 6) is 0.113. The molecule has 0 aliphatic heterocycles. The zero-order valence-electron chi connectivity index (χ0n) is 15.0. The van der Waals surface area contributed by atoms with Crippen molar-refractivity contribution in [3.05, 3.63) is 24.8 Å². The average molecular weight is 322 g/mol. The fourth-order valence-electron chi connectivity index (χ4n) is 5.92. The maximum atomic E-state index is 11.1. The monoisotopic (exact) mass is 322 g/mol. The van der Waals surface area contributed by atoms with Gasteiger partial charge < -0.3 is 15.3 Å². The van der Waals surface area contributed by atoms with Crippen LogP contribution in [0.3, 0.4) is 0 Å². The van der Waals surface area contributed by atoms with Crippen molar-refractivity contribution in [2.24, 2.45) is 22.7 Å². The number of aliphatic hydroxyl groups is 3. The Morgan fingerprint density at radius 1 is 1.26 bits per heavy atom. The SMILES string of the molecule is C=CC(=C)CC[C@H]1[C@]2(C)CCC[C@](C)(CO)[C@H]2[C@H](O)C[C@]1(C)O. The van der Waals surface area contributed by atoms with E-state index >= 15 is 0 Å². The fraction of sp³-hybridized carbons (Fsp3) is 0.800. The number of aliphatic hydroxyl groups excluding tert-OH is 2. The highest BCUT2D eigenvalue weighted by Gasteiger charge is 2.61. The lowest BCUT2D eigenvalue weighted by molar-refractivity contribution is -0.223. The van der Waals surface area contributed by atoms with Crippen molar-refractivity contribution in [1.29, 1.82) is 0 Å². The van der Waals surface area contributed by atoms with E-state index in [0.717, 1.165) is 37.7 Å². The van der Waals surface area contributed by atoms with Crippen molar-refractivity contribution in [2.45, 2.75) is 71.0 Å². The molecule has 0 radical (unpaired) electrons. The van der Waals surface area contributed by atoms with Crippen LogP contribution in [0, 0.1) is 22.7 Å².